The van der Waals surface area contributed by atoms with Gasteiger partial charge in [-0.15, -0.1) is 0 Å². The highest BCUT2D eigenvalue weighted by Crippen LogP contribution is 2.34. The highest BCUT2D eigenvalue weighted by atomic mass is 16.5. The molecule has 0 unspecified atom stereocenters. The van der Waals surface area contributed by atoms with Gasteiger partial charge in [-0.1, -0.05) is 30.3 Å². The van der Waals surface area contributed by atoms with Crippen molar-refractivity contribution in [2.24, 2.45) is 0 Å². The van der Waals surface area contributed by atoms with Gasteiger partial charge in [0.1, 0.15) is 5.75 Å². The quantitative estimate of drug-likeness (QED) is 0.569. The number of anilines is 1. The van der Waals surface area contributed by atoms with Crippen LogP contribution in [0.1, 0.15) is 37.3 Å². The molecule has 0 bridgehead atoms. The highest BCUT2D eigenvalue weighted by molar-refractivity contribution is 6.22. The number of carboxylic acids is 1. The lowest BCUT2D eigenvalue weighted by atomic mass is 9.97. The predicted molar refractivity (Wildman–Crippen MR) is 103 cm³/mol. The van der Waals surface area contributed by atoms with E-state index < -0.39 is 11.9 Å². The van der Waals surface area contributed by atoms with E-state index in [1.807, 2.05) is 13.8 Å². The van der Waals surface area contributed by atoms with Crippen LogP contribution in [0.3, 0.4) is 0 Å². The van der Waals surface area contributed by atoms with Gasteiger partial charge in [-0.05, 0) is 55.3 Å². The number of amides is 2. The molecule has 0 N–H and O–H groups in total. The summed E-state index contributed by atoms with van der Waals surface area (Å²) in [6.45, 7) is 3.86. The second-order valence-corrected chi connectivity index (χ2v) is 6.81. The van der Waals surface area contributed by atoms with Crippen LogP contribution < -0.4 is 14.7 Å². The molecule has 2 aromatic carbocycles. The minimum Gasteiger partial charge on any atom is -0.545 e. The van der Waals surface area contributed by atoms with Crippen molar-refractivity contribution < 1.29 is 24.2 Å². The van der Waals surface area contributed by atoms with E-state index in [0.717, 1.165) is 16.5 Å². The molecule has 0 radical (unpaired) electrons. The van der Waals surface area contributed by atoms with Crippen LogP contribution >= 0.6 is 0 Å². The van der Waals surface area contributed by atoms with Gasteiger partial charge in [-0.3, -0.25) is 9.59 Å². The van der Waals surface area contributed by atoms with E-state index in [4.69, 9.17) is 4.74 Å². The Balaban J connectivity index is 1.82. The number of carbonyl (C=O) groups is 3. The zero-order valence-corrected chi connectivity index (χ0v) is 15.6. The van der Waals surface area contributed by atoms with Crippen LogP contribution in [0, 0.1) is 0 Å². The van der Waals surface area contributed by atoms with Crippen LogP contribution in [-0.4, -0.2) is 23.9 Å². The lowest BCUT2D eigenvalue weighted by molar-refractivity contribution is -0.297. The summed E-state index contributed by atoms with van der Waals surface area (Å²) in [7, 11) is 0. The Labute approximate surface area is 163 Å². The number of carbonyl (C=O) groups excluding carboxylic acids is 3. The topological polar surface area (TPSA) is 86.7 Å². The zero-order chi connectivity index (χ0) is 20.3. The van der Waals surface area contributed by atoms with Crippen molar-refractivity contribution in [1.82, 2.24) is 0 Å². The second kappa shape index (κ2) is 8.08. The zero-order valence-electron chi connectivity index (χ0n) is 15.6. The third-order valence-electron chi connectivity index (χ3n) is 4.34. The monoisotopic (exact) mass is 378 g/mol. The number of hydrogen-bond acceptors (Lipinski definition) is 5. The molecular formula is C22H20NO5-. The van der Waals surface area contributed by atoms with E-state index in [0.29, 0.717) is 17.0 Å². The molecular weight excluding hydrogens is 358 g/mol. The van der Waals surface area contributed by atoms with Gasteiger partial charge in [0.05, 0.1) is 23.7 Å². The van der Waals surface area contributed by atoms with E-state index in [-0.39, 0.29) is 24.3 Å². The Bertz CT molecular complexity index is 930. The van der Waals surface area contributed by atoms with Gasteiger partial charge >= 0.3 is 0 Å². The smallest absolute Gasteiger partial charge is 0.241 e. The molecule has 144 valence electrons. The number of imide groups is 1. The largest absolute Gasteiger partial charge is 0.545 e. The van der Waals surface area contributed by atoms with Crippen molar-refractivity contribution >= 4 is 29.5 Å². The maximum atomic E-state index is 12.9. The lowest BCUT2D eigenvalue weighted by Crippen LogP contribution is -2.30. The number of carboxylic acid groups (broad SMARTS) is 1. The molecule has 1 atom stereocenters. The van der Waals surface area contributed by atoms with Crippen molar-refractivity contribution in [3.63, 3.8) is 0 Å². The fraction of sp³-hybridized carbons (Fsp3) is 0.227. The molecule has 2 aromatic rings. The van der Waals surface area contributed by atoms with Gasteiger partial charge in [0, 0.05) is 6.42 Å². The van der Waals surface area contributed by atoms with E-state index in [9.17, 15) is 19.5 Å². The molecule has 1 fully saturated rings. The molecule has 6 heteroatoms. The molecule has 0 saturated carbocycles. The molecule has 28 heavy (non-hydrogen) atoms. The Hall–Kier alpha value is -3.41. The number of rotatable bonds is 6. The summed E-state index contributed by atoms with van der Waals surface area (Å²) < 4.78 is 5.61. The van der Waals surface area contributed by atoms with Crippen molar-refractivity contribution in [3.8, 4) is 5.75 Å². The molecule has 1 aliphatic rings. The molecule has 1 saturated heterocycles. The van der Waals surface area contributed by atoms with Crippen molar-refractivity contribution in [2.75, 3.05) is 4.90 Å². The molecule has 1 heterocycles. The minimum absolute atomic E-state index is 0.0502. The van der Waals surface area contributed by atoms with Crippen molar-refractivity contribution in [1.29, 1.82) is 0 Å². The average Bonchev–Trinajstić information content (AvgIpc) is 2.95. The van der Waals surface area contributed by atoms with Gasteiger partial charge < -0.3 is 14.6 Å². The van der Waals surface area contributed by atoms with Crippen LogP contribution in [-0.2, 0) is 14.4 Å². The first-order chi connectivity index (χ1) is 13.3. The minimum atomic E-state index is -1.32. The van der Waals surface area contributed by atoms with Crippen LogP contribution in [0.25, 0.3) is 6.08 Å². The normalized spacial score (nSPS) is 17.0. The summed E-state index contributed by atoms with van der Waals surface area (Å²) in [5.41, 5.74) is 1.73. The Morgan fingerprint density at radius 1 is 1.18 bits per heavy atom. The summed E-state index contributed by atoms with van der Waals surface area (Å²) in [6, 6.07) is 13.8. The van der Waals surface area contributed by atoms with Crippen molar-refractivity contribution in [3.05, 3.63) is 65.7 Å². The summed E-state index contributed by atoms with van der Waals surface area (Å²) in [6.07, 6.45) is 2.39. The fourth-order valence-electron chi connectivity index (χ4n) is 3.15. The molecule has 3 rings (SSSR count). The first-order valence-electron chi connectivity index (χ1n) is 8.97. The van der Waals surface area contributed by atoms with Gasteiger partial charge in [0.25, 0.3) is 0 Å². The third-order valence-corrected chi connectivity index (χ3v) is 4.34. The highest BCUT2D eigenvalue weighted by Gasteiger charge is 2.40. The Morgan fingerprint density at radius 2 is 1.89 bits per heavy atom. The van der Waals surface area contributed by atoms with Gasteiger partial charge in [-0.2, -0.15) is 0 Å². The predicted octanol–water partition coefficient (Wildman–Crippen LogP) is 2.28. The Kier molecular flexibility index (Phi) is 5.59. The van der Waals surface area contributed by atoms with Crippen LogP contribution in [0.4, 0.5) is 5.69 Å². The average molecular weight is 378 g/mol. The SMILES string of the molecule is CC(C)Oc1ccc([C@H]2CC(=O)N(c3cccc(/C=C/C(=O)[O-])c3)C2=O)cc1. The molecule has 2 amide bonds. The van der Waals surface area contributed by atoms with Gasteiger partial charge in [0.2, 0.25) is 11.8 Å². The molecule has 1 aliphatic heterocycles. The van der Waals surface area contributed by atoms with Gasteiger partial charge in [0.15, 0.2) is 0 Å². The Morgan fingerprint density at radius 3 is 2.54 bits per heavy atom. The summed E-state index contributed by atoms with van der Waals surface area (Å²) >= 11 is 0. The number of ether oxygens (including phenoxy) is 1. The molecule has 0 spiro atoms. The number of nitrogens with zero attached hydrogens (tertiary/aromatic N) is 1. The van der Waals surface area contributed by atoms with Crippen LogP contribution in [0.15, 0.2) is 54.6 Å². The van der Waals surface area contributed by atoms with E-state index >= 15 is 0 Å². The molecule has 6 nitrogen and oxygen atoms in total. The van der Waals surface area contributed by atoms with E-state index in [2.05, 4.69) is 0 Å². The summed E-state index contributed by atoms with van der Waals surface area (Å²) in [4.78, 5) is 37.2. The lowest BCUT2D eigenvalue weighted by Gasteiger charge is -2.16. The van der Waals surface area contributed by atoms with E-state index in [1.165, 1.54) is 6.08 Å². The summed E-state index contributed by atoms with van der Waals surface area (Å²) in [5, 5.41) is 10.6. The maximum Gasteiger partial charge on any atom is 0.241 e. The fourth-order valence-corrected chi connectivity index (χ4v) is 3.15. The maximum absolute atomic E-state index is 12.9. The molecule has 0 aromatic heterocycles. The standard InChI is InChI=1S/C22H21NO5/c1-14(2)28-18-9-7-16(8-10-18)19-13-20(24)23(22(19)27)17-5-3-4-15(12-17)6-11-21(25)26/h3-12,14,19H,13H2,1-2H3,(H,25,26)/p-1/b11-6+/t19-/m1/s1. The van der Waals surface area contributed by atoms with Crippen LogP contribution in [0.5, 0.6) is 5.75 Å². The molecule has 0 aliphatic carbocycles. The number of benzene rings is 2. The summed E-state index contributed by atoms with van der Waals surface area (Å²) in [5.74, 6) is -1.76. The van der Waals surface area contributed by atoms with Crippen molar-refractivity contribution in [2.45, 2.75) is 32.3 Å². The first kappa shape index (κ1) is 19.4. The van der Waals surface area contributed by atoms with Crippen LogP contribution in [0.2, 0.25) is 0 Å². The number of aliphatic carboxylic acids is 1. The second-order valence-electron chi connectivity index (χ2n) is 6.81. The van der Waals surface area contributed by atoms with E-state index in [1.54, 1.807) is 48.5 Å². The first-order valence-corrected chi connectivity index (χ1v) is 8.97. The number of hydrogen-bond donors (Lipinski definition) is 0. The third kappa shape index (κ3) is 4.28. The van der Waals surface area contributed by atoms with Gasteiger partial charge in [-0.25, -0.2) is 4.90 Å².